The molecule has 3 heteroatoms. The van der Waals surface area contributed by atoms with Crippen molar-refractivity contribution in [3.63, 3.8) is 0 Å². The van der Waals surface area contributed by atoms with Gasteiger partial charge in [-0.05, 0) is 75.8 Å². The Bertz CT molecular complexity index is 3100. The second kappa shape index (κ2) is 11.6. The second-order valence-corrected chi connectivity index (χ2v) is 14.8. The summed E-state index contributed by atoms with van der Waals surface area (Å²) in [7, 11) is 0. The number of anilines is 3. The van der Waals surface area contributed by atoms with Gasteiger partial charge in [-0.3, -0.25) is 0 Å². The Balaban J connectivity index is 1.20. The van der Waals surface area contributed by atoms with Crippen LogP contribution in [0.4, 0.5) is 17.1 Å². The maximum atomic E-state index is 6.78. The van der Waals surface area contributed by atoms with Crippen molar-refractivity contribution in [1.82, 2.24) is 0 Å². The van der Waals surface area contributed by atoms with Crippen LogP contribution in [0.25, 0.3) is 77.3 Å². The number of hydrogen-bond donors (Lipinski definition) is 0. The van der Waals surface area contributed by atoms with Crippen LogP contribution in [0.15, 0.2) is 185 Å². The molecule has 1 aliphatic carbocycles. The van der Waals surface area contributed by atoms with Gasteiger partial charge in [0, 0.05) is 38.1 Å². The first-order valence-electron chi connectivity index (χ1n) is 18.6. The van der Waals surface area contributed by atoms with Crippen molar-refractivity contribution in [3.05, 3.63) is 187 Å². The average Bonchev–Trinajstić information content (AvgIpc) is 3.87. The Kier molecular flexibility index (Phi) is 6.60. The molecule has 0 atom stereocenters. The maximum absolute atomic E-state index is 6.78. The molecule has 0 fully saturated rings. The maximum Gasteiger partial charge on any atom is 0.159 e. The monoisotopic (exact) mass is 693 g/mol. The van der Waals surface area contributed by atoms with Gasteiger partial charge in [0.1, 0.15) is 16.7 Å². The molecule has 0 saturated heterocycles. The number of furan rings is 2. The second-order valence-electron chi connectivity index (χ2n) is 14.8. The van der Waals surface area contributed by atoms with E-state index in [-0.39, 0.29) is 5.41 Å². The smallest absolute Gasteiger partial charge is 0.159 e. The molecule has 8 aromatic carbocycles. The number of hydrogen-bond acceptors (Lipinski definition) is 3. The van der Waals surface area contributed by atoms with Gasteiger partial charge in [-0.15, -0.1) is 0 Å². The van der Waals surface area contributed by atoms with Crippen molar-refractivity contribution < 1.29 is 8.83 Å². The van der Waals surface area contributed by atoms with E-state index in [2.05, 4.69) is 176 Å². The third kappa shape index (κ3) is 4.42. The topological polar surface area (TPSA) is 29.5 Å². The minimum atomic E-state index is -0.116. The molecule has 11 rings (SSSR count). The molecular formula is C51H35NO2. The van der Waals surface area contributed by atoms with Crippen LogP contribution in [0.3, 0.4) is 0 Å². The zero-order chi connectivity index (χ0) is 36.0. The number of para-hydroxylation sites is 5. The molecule has 0 N–H and O–H groups in total. The van der Waals surface area contributed by atoms with Gasteiger partial charge in [0.2, 0.25) is 0 Å². The molecule has 256 valence electrons. The van der Waals surface area contributed by atoms with Crippen LogP contribution < -0.4 is 4.90 Å². The number of fused-ring (bicyclic) bond motifs is 9. The van der Waals surface area contributed by atoms with Gasteiger partial charge < -0.3 is 13.7 Å². The Morgan fingerprint density at radius 2 is 0.944 bits per heavy atom. The molecule has 0 spiro atoms. The van der Waals surface area contributed by atoms with Crippen molar-refractivity contribution >= 4 is 60.9 Å². The molecule has 3 nitrogen and oxygen atoms in total. The lowest BCUT2D eigenvalue weighted by Crippen LogP contribution is -2.15. The summed E-state index contributed by atoms with van der Waals surface area (Å²) < 4.78 is 13.2. The van der Waals surface area contributed by atoms with E-state index in [1.54, 1.807) is 0 Å². The van der Waals surface area contributed by atoms with Crippen LogP contribution in [0.1, 0.15) is 25.0 Å². The zero-order valence-electron chi connectivity index (χ0n) is 30.0. The van der Waals surface area contributed by atoms with Crippen molar-refractivity contribution in [2.75, 3.05) is 4.90 Å². The standard InChI is InChI=1S/C51H35NO2/c1-51(2)41-22-8-3-16-34(41)35-30-29-32(31-42(35)51)33-15-4-9-23-43(33)52(45-25-13-21-39-37-18-6-11-26-46(37)54-50(39)45)44-24-10-5-17-36(44)38-20-14-28-48-49(38)40-19-7-12-27-47(40)53-48/h3-31H,1-2H3. The molecule has 0 amide bonds. The first kappa shape index (κ1) is 30.8. The first-order valence-corrected chi connectivity index (χ1v) is 18.6. The van der Waals surface area contributed by atoms with Gasteiger partial charge in [-0.25, -0.2) is 0 Å². The Morgan fingerprint density at radius 3 is 1.78 bits per heavy atom. The Labute approximate surface area is 313 Å². The predicted octanol–water partition coefficient (Wildman–Crippen LogP) is 14.6. The highest BCUT2D eigenvalue weighted by Crippen LogP contribution is 2.52. The van der Waals surface area contributed by atoms with Crippen LogP contribution in [-0.4, -0.2) is 0 Å². The summed E-state index contributed by atoms with van der Waals surface area (Å²) in [6, 6.07) is 62.9. The van der Waals surface area contributed by atoms with Gasteiger partial charge >= 0.3 is 0 Å². The molecule has 10 aromatic rings. The highest BCUT2D eigenvalue weighted by molar-refractivity contribution is 6.15. The van der Waals surface area contributed by atoms with Crippen LogP contribution in [0.5, 0.6) is 0 Å². The number of nitrogens with zero attached hydrogens (tertiary/aromatic N) is 1. The summed E-state index contributed by atoms with van der Waals surface area (Å²) in [6.45, 7) is 4.69. The number of rotatable bonds is 5. The van der Waals surface area contributed by atoms with Crippen molar-refractivity contribution in [1.29, 1.82) is 0 Å². The Morgan fingerprint density at radius 1 is 0.389 bits per heavy atom. The minimum absolute atomic E-state index is 0.116. The fourth-order valence-electron chi connectivity index (χ4n) is 8.98. The lowest BCUT2D eigenvalue weighted by atomic mass is 9.81. The van der Waals surface area contributed by atoms with Gasteiger partial charge in [0.25, 0.3) is 0 Å². The molecule has 0 radical (unpaired) electrons. The highest BCUT2D eigenvalue weighted by Gasteiger charge is 2.35. The minimum Gasteiger partial charge on any atom is -0.456 e. The molecule has 0 unspecified atom stereocenters. The van der Waals surface area contributed by atoms with E-state index in [1.807, 2.05) is 18.2 Å². The molecular weight excluding hydrogens is 659 g/mol. The summed E-state index contributed by atoms with van der Waals surface area (Å²) >= 11 is 0. The summed E-state index contributed by atoms with van der Waals surface area (Å²) in [4.78, 5) is 2.41. The normalized spacial score (nSPS) is 13.1. The van der Waals surface area contributed by atoms with Crippen LogP contribution in [0, 0.1) is 0 Å². The van der Waals surface area contributed by atoms with E-state index >= 15 is 0 Å². The largest absolute Gasteiger partial charge is 0.456 e. The van der Waals surface area contributed by atoms with E-state index in [4.69, 9.17) is 8.83 Å². The average molecular weight is 694 g/mol. The van der Waals surface area contributed by atoms with E-state index in [1.165, 1.54) is 27.8 Å². The lowest BCUT2D eigenvalue weighted by Gasteiger charge is -2.30. The third-order valence-electron chi connectivity index (χ3n) is 11.5. The van der Waals surface area contributed by atoms with Gasteiger partial charge in [0.15, 0.2) is 5.58 Å². The quantitative estimate of drug-likeness (QED) is 0.180. The summed E-state index contributed by atoms with van der Waals surface area (Å²) in [6.07, 6.45) is 0. The highest BCUT2D eigenvalue weighted by atomic mass is 16.3. The van der Waals surface area contributed by atoms with Crippen LogP contribution in [0.2, 0.25) is 0 Å². The van der Waals surface area contributed by atoms with E-state index in [0.29, 0.717) is 0 Å². The molecule has 1 aliphatic rings. The summed E-state index contributed by atoms with van der Waals surface area (Å²) in [5.74, 6) is 0. The third-order valence-corrected chi connectivity index (χ3v) is 11.5. The van der Waals surface area contributed by atoms with Gasteiger partial charge in [0.05, 0.1) is 17.1 Å². The lowest BCUT2D eigenvalue weighted by molar-refractivity contribution is 0.660. The zero-order valence-corrected chi connectivity index (χ0v) is 30.0. The molecule has 2 heterocycles. The molecule has 0 saturated carbocycles. The summed E-state index contributed by atoms with van der Waals surface area (Å²) in [5, 5.41) is 4.40. The van der Waals surface area contributed by atoms with Crippen LogP contribution >= 0.6 is 0 Å². The molecule has 2 aromatic heterocycles. The fourth-order valence-corrected chi connectivity index (χ4v) is 8.98. The molecule has 0 aliphatic heterocycles. The number of benzene rings is 8. The van der Waals surface area contributed by atoms with E-state index in [9.17, 15) is 0 Å². The predicted molar refractivity (Wildman–Crippen MR) is 224 cm³/mol. The van der Waals surface area contributed by atoms with Gasteiger partial charge in [-0.2, -0.15) is 0 Å². The molecule has 54 heavy (non-hydrogen) atoms. The van der Waals surface area contributed by atoms with Gasteiger partial charge in [-0.1, -0.05) is 147 Å². The fraction of sp³-hybridized carbons (Fsp3) is 0.0588. The van der Waals surface area contributed by atoms with E-state index in [0.717, 1.165) is 77.6 Å². The summed E-state index contributed by atoms with van der Waals surface area (Å²) in [5.41, 5.74) is 16.3. The van der Waals surface area contributed by atoms with Crippen molar-refractivity contribution in [2.24, 2.45) is 0 Å². The van der Waals surface area contributed by atoms with E-state index < -0.39 is 0 Å². The SMILES string of the molecule is CC1(C)c2ccccc2-c2ccc(-c3ccccc3N(c3ccccc3-c3cccc4oc5ccccc5c34)c3cccc4c3oc3ccccc34)cc21. The molecule has 0 bridgehead atoms. The van der Waals surface area contributed by atoms with Crippen molar-refractivity contribution in [2.45, 2.75) is 19.3 Å². The Hall–Kier alpha value is -6.84. The van der Waals surface area contributed by atoms with Crippen LogP contribution in [-0.2, 0) is 5.41 Å². The first-order chi connectivity index (χ1) is 26.6. The van der Waals surface area contributed by atoms with Crippen molar-refractivity contribution in [3.8, 4) is 33.4 Å².